The molecule has 0 amide bonds. The molecule has 118 valence electrons. The third kappa shape index (κ3) is 3.68. The Balaban J connectivity index is 2.06. The summed E-state index contributed by atoms with van der Waals surface area (Å²) in [5.41, 5.74) is 1.16. The van der Waals surface area contributed by atoms with E-state index in [1.54, 1.807) is 20.2 Å². The minimum atomic E-state index is -3.69. The molecule has 8 nitrogen and oxygen atoms in total. The van der Waals surface area contributed by atoms with Crippen molar-refractivity contribution in [3.8, 4) is 0 Å². The molecule has 0 atom stereocenters. The molecule has 1 aromatic carbocycles. The first-order valence-electron chi connectivity index (χ1n) is 6.48. The number of hydrogen-bond acceptors (Lipinski definition) is 5. The molecule has 0 aliphatic rings. The van der Waals surface area contributed by atoms with Gasteiger partial charge in [-0.25, -0.2) is 17.9 Å². The van der Waals surface area contributed by atoms with E-state index in [2.05, 4.69) is 15.0 Å². The zero-order valence-corrected chi connectivity index (χ0v) is 13.0. The summed E-state index contributed by atoms with van der Waals surface area (Å²) in [4.78, 5) is 11.0. The molecule has 0 saturated heterocycles. The molecular weight excluding hydrogens is 308 g/mol. The molecule has 0 aliphatic carbocycles. The van der Waals surface area contributed by atoms with Gasteiger partial charge in [0.1, 0.15) is 0 Å². The van der Waals surface area contributed by atoms with Crippen LogP contribution < -0.4 is 4.72 Å². The first-order chi connectivity index (χ1) is 10.3. The van der Waals surface area contributed by atoms with E-state index >= 15 is 0 Å². The largest absolute Gasteiger partial charge is 0.478 e. The molecule has 0 aliphatic heterocycles. The maximum absolute atomic E-state index is 12.2. The van der Waals surface area contributed by atoms with Crippen molar-refractivity contribution in [2.75, 3.05) is 6.54 Å². The average Bonchev–Trinajstić information content (AvgIpc) is 2.83. The molecule has 9 heteroatoms. The van der Waals surface area contributed by atoms with E-state index in [1.807, 2.05) is 0 Å². The Bertz CT molecular complexity index is 798. The number of rotatable bonds is 6. The average molecular weight is 324 g/mol. The fourth-order valence-electron chi connectivity index (χ4n) is 1.95. The van der Waals surface area contributed by atoms with Gasteiger partial charge in [0.25, 0.3) is 0 Å². The van der Waals surface area contributed by atoms with Crippen LogP contribution in [-0.4, -0.2) is 41.0 Å². The topological polar surface area (TPSA) is 114 Å². The van der Waals surface area contributed by atoms with Gasteiger partial charge in [-0.05, 0) is 30.7 Å². The van der Waals surface area contributed by atoms with E-state index in [-0.39, 0.29) is 17.0 Å². The molecule has 1 heterocycles. The molecule has 2 aromatic rings. The SMILES string of the molecule is Cc1cc(S(=O)(=O)NCCc2cn(C)nn2)ccc1C(=O)O. The second-order valence-electron chi connectivity index (χ2n) is 4.81. The van der Waals surface area contributed by atoms with Crippen LogP contribution in [0.5, 0.6) is 0 Å². The van der Waals surface area contributed by atoms with Crippen molar-refractivity contribution < 1.29 is 18.3 Å². The molecule has 1 aromatic heterocycles. The van der Waals surface area contributed by atoms with Crippen LogP contribution in [0.1, 0.15) is 21.6 Å². The summed E-state index contributed by atoms with van der Waals surface area (Å²) in [6.45, 7) is 1.74. The lowest BCUT2D eigenvalue weighted by molar-refractivity contribution is 0.0696. The molecule has 2 N–H and O–H groups in total. The smallest absolute Gasteiger partial charge is 0.335 e. The van der Waals surface area contributed by atoms with Crippen LogP contribution in [0, 0.1) is 6.92 Å². The van der Waals surface area contributed by atoms with Crippen molar-refractivity contribution in [2.24, 2.45) is 7.05 Å². The highest BCUT2D eigenvalue weighted by molar-refractivity contribution is 7.89. The van der Waals surface area contributed by atoms with Gasteiger partial charge < -0.3 is 5.11 Å². The van der Waals surface area contributed by atoms with Gasteiger partial charge in [-0.2, -0.15) is 0 Å². The summed E-state index contributed by atoms with van der Waals surface area (Å²) in [6, 6.07) is 3.91. The molecule has 0 saturated carbocycles. The maximum Gasteiger partial charge on any atom is 0.335 e. The molecule has 2 rings (SSSR count). The van der Waals surface area contributed by atoms with E-state index < -0.39 is 16.0 Å². The quantitative estimate of drug-likeness (QED) is 0.792. The number of nitrogens with one attached hydrogen (secondary N) is 1. The van der Waals surface area contributed by atoms with Gasteiger partial charge >= 0.3 is 5.97 Å². The highest BCUT2D eigenvalue weighted by atomic mass is 32.2. The van der Waals surface area contributed by atoms with Crippen molar-refractivity contribution in [1.82, 2.24) is 19.7 Å². The van der Waals surface area contributed by atoms with Crippen LogP contribution in [0.25, 0.3) is 0 Å². The Morgan fingerprint density at radius 1 is 1.41 bits per heavy atom. The second-order valence-corrected chi connectivity index (χ2v) is 6.58. The molecular formula is C13H16N4O4S. The van der Waals surface area contributed by atoms with Crippen molar-refractivity contribution in [3.63, 3.8) is 0 Å². The lowest BCUT2D eigenvalue weighted by atomic mass is 10.1. The van der Waals surface area contributed by atoms with Gasteiger partial charge in [-0.3, -0.25) is 4.68 Å². The first-order valence-corrected chi connectivity index (χ1v) is 7.97. The highest BCUT2D eigenvalue weighted by Gasteiger charge is 2.16. The van der Waals surface area contributed by atoms with E-state index in [0.29, 0.717) is 17.7 Å². The van der Waals surface area contributed by atoms with Crippen LogP contribution in [-0.2, 0) is 23.5 Å². The van der Waals surface area contributed by atoms with E-state index in [4.69, 9.17) is 5.11 Å². The molecule has 0 unspecified atom stereocenters. The third-order valence-corrected chi connectivity index (χ3v) is 4.52. The van der Waals surface area contributed by atoms with Gasteiger partial charge in [0, 0.05) is 26.2 Å². The molecule has 0 radical (unpaired) electrons. The molecule has 0 fully saturated rings. The van der Waals surface area contributed by atoms with Crippen LogP contribution in [0.15, 0.2) is 29.3 Å². The van der Waals surface area contributed by atoms with Crippen LogP contribution in [0.2, 0.25) is 0 Å². The number of sulfonamides is 1. The number of carboxylic acid groups (broad SMARTS) is 1. The molecule has 0 spiro atoms. The van der Waals surface area contributed by atoms with Gasteiger partial charge in [-0.15, -0.1) is 5.10 Å². The van der Waals surface area contributed by atoms with Gasteiger partial charge in [0.15, 0.2) is 0 Å². The van der Waals surface area contributed by atoms with E-state index in [9.17, 15) is 13.2 Å². The van der Waals surface area contributed by atoms with Crippen LogP contribution in [0.4, 0.5) is 0 Å². The first kappa shape index (κ1) is 16.1. The van der Waals surface area contributed by atoms with Crippen LogP contribution in [0.3, 0.4) is 0 Å². The lowest BCUT2D eigenvalue weighted by Gasteiger charge is -2.08. The summed E-state index contributed by atoms with van der Waals surface area (Å²) in [7, 11) is -1.96. The third-order valence-electron chi connectivity index (χ3n) is 3.06. The fraction of sp³-hybridized carbons (Fsp3) is 0.308. The zero-order valence-electron chi connectivity index (χ0n) is 12.1. The number of aromatic nitrogens is 3. The summed E-state index contributed by atoms with van der Waals surface area (Å²) in [6.07, 6.45) is 2.12. The predicted molar refractivity (Wildman–Crippen MR) is 78.0 cm³/mol. The van der Waals surface area contributed by atoms with Crippen molar-refractivity contribution >= 4 is 16.0 Å². The number of aromatic carboxylic acids is 1. The number of aryl methyl sites for hydroxylation is 2. The number of carboxylic acids is 1. The van der Waals surface area contributed by atoms with E-state index in [0.717, 1.165) is 0 Å². The number of nitrogens with zero attached hydrogens (tertiary/aromatic N) is 3. The summed E-state index contributed by atoms with van der Waals surface area (Å²) in [5, 5.41) is 16.6. The Hall–Kier alpha value is -2.26. The van der Waals surface area contributed by atoms with Crippen molar-refractivity contribution in [1.29, 1.82) is 0 Å². The van der Waals surface area contributed by atoms with Crippen molar-refractivity contribution in [2.45, 2.75) is 18.2 Å². The monoisotopic (exact) mass is 324 g/mol. The predicted octanol–water partition coefficient (Wildman–Crippen LogP) is 0.343. The van der Waals surface area contributed by atoms with E-state index in [1.165, 1.54) is 22.9 Å². The Kier molecular flexibility index (Phi) is 4.57. The fourth-order valence-corrected chi connectivity index (χ4v) is 3.07. The van der Waals surface area contributed by atoms with Gasteiger partial charge in [0.05, 0.1) is 16.2 Å². The van der Waals surface area contributed by atoms with Gasteiger partial charge in [0.2, 0.25) is 10.0 Å². The number of hydrogen-bond donors (Lipinski definition) is 2. The maximum atomic E-state index is 12.2. The number of carbonyl (C=O) groups is 1. The standard InChI is InChI=1S/C13H16N4O4S/c1-9-7-11(3-4-12(9)13(18)19)22(20,21)14-6-5-10-8-17(2)16-15-10/h3-4,7-8,14H,5-6H2,1-2H3,(H,18,19). The minimum absolute atomic E-state index is 0.0362. The Labute approximate surface area is 127 Å². The summed E-state index contributed by atoms with van der Waals surface area (Å²) < 4.78 is 28.3. The highest BCUT2D eigenvalue weighted by Crippen LogP contribution is 2.15. The second kappa shape index (κ2) is 6.24. The Morgan fingerprint density at radius 2 is 2.14 bits per heavy atom. The van der Waals surface area contributed by atoms with Gasteiger partial charge in [-0.1, -0.05) is 5.21 Å². The normalized spacial score (nSPS) is 11.5. The lowest BCUT2D eigenvalue weighted by Crippen LogP contribution is -2.26. The van der Waals surface area contributed by atoms with Crippen LogP contribution >= 0.6 is 0 Å². The number of benzene rings is 1. The molecule has 22 heavy (non-hydrogen) atoms. The Morgan fingerprint density at radius 3 is 2.68 bits per heavy atom. The summed E-state index contributed by atoms with van der Waals surface area (Å²) in [5.74, 6) is -1.09. The minimum Gasteiger partial charge on any atom is -0.478 e. The van der Waals surface area contributed by atoms with Crippen molar-refractivity contribution in [3.05, 3.63) is 41.2 Å². The molecule has 0 bridgehead atoms. The zero-order chi connectivity index (χ0) is 16.3. The summed E-state index contributed by atoms with van der Waals surface area (Å²) >= 11 is 0.